The van der Waals surface area contributed by atoms with Gasteiger partial charge >= 0.3 is 6.09 Å². The second-order valence-electron chi connectivity index (χ2n) is 3.05. The second-order valence-corrected chi connectivity index (χ2v) is 3.49. The number of nitrogens with zero attached hydrogens (tertiary/aromatic N) is 2. The van der Waals surface area contributed by atoms with E-state index in [0.717, 1.165) is 0 Å². The number of pyridine rings is 1. The number of fused-ring (bicyclic) bond motifs is 1. The van der Waals surface area contributed by atoms with Crippen LogP contribution in [0.4, 0.5) is 10.6 Å². The highest BCUT2D eigenvalue weighted by molar-refractivity contribution is 6.30. The Bertz CT molecular complexity index is 535. The zero-order chi connectivity index (χ0) is 11.0. The van der Waals surface area contributed by atoms with Crippen LogP contribution in [0.3, 0.4) is 0 Å². The summed E-state index contributed by atoms with van der Waals surface area (Å²) in [5.74, 6) is 0.324. The van der Waals surface area contributed by atoms with Gasteiger partial charge in [0, 0.05) is 6.20 Å². The summed E-state index contributed by atoms with van der Waals surface area (Å²) in [5.41, 5.74) is 1.36. The van der Waals surface area contributed by atoms with Gasteiger partial charge in [-0.2, -0.15) is 0 Å². The quantitative estimate of drug-likeness (QED) is 0.783. The summed E-state index contributed by atoms with van der Waals surface area (Å²) < 4.78 is 1.73. The fourth-order valence-electron chi connectivity index (χ4n) is 1.36. The number of carboxylic acid groups (broad SMARTS) is 1. The molecule has 15 heavy (non-hydrogen) atoms. The van der Waals surface area contributed by atoms with Crippen LogP contribution in [0.2, 0.25) is 5.02 Å². The van der Waals surface area contributed by atoms with Gasteiger partial charge in [0.1, 0.15) is 5.65 Å². The average molecular weight is 226 g/mol. The fraction of sp³-hybridized carbons (Fsp3) is 0.111. The first kappa shape index (κ1) is 9.79. The van der Waals surface area contributed by atoms with Crippen LogP contribution in [-0.2, 0) is 0 Å². The van der Waals surface area contributed by atoms with Gasteiger partial charge in [-0.15, -0.1) is 0 Å². The number of amides is 1. The van der Waals surface area contributed by atoms with Gasteiger partial charge in [0.05, 0.1) is 10.7 Å². The molecule has 0 fully saturated rings. The number of hydrogen-bond acceptors (Lipinski definition) is 2. The standard InChI is InChI=1S/C9H8ClN3O2/c1-5-8(12-9(14)15)11-7-3-2-6(10)4-13(5)7/h2-4,12H,1H3,(H,14,15). The van der Waals surface area contributed by atoms with Crippen molar-refractivity contribution in [2.45, 2.75) is 6.92 Å². The lowest BCUT2D eigenvalue weighted by Gasteiger charge is -1.97. The maximum Gasteiger partial charge on any atom is 0.410 e. The first-order valence-electron chi connectivity index (χ1n) is 4.22. The Morgan fingerprint density at radius 2 is 2.33 bits per heavy atom. The molecule has 5 nitrogen and oxygen atoms in total. The van der Waals surface area contributed by atoms with Gasteiger partial charge in [0.25, 0.3) is 0 Å². The molecular weight excluding hydrogens is 218 g/mol. The predicted octanol–water partition coefficient (Wildman–Crippen LogP) is 2.39. The minimum absolute atomic E-state index is 0.324. The summed E-state index contributed by atoms with van der Waals surface area (Å²) in [6.45, 7) is 1.77. The van der Waals surface area contributed by atoms with Crippen LogP contribution in [0.15, 0.2) is 18.3 Å². The maximum absolute atomic E-state index is 10.5. The lowest BCUT2D eigenvalue weighted by Crippen LogP contribution is -2.08. The van der Waals surface area contributed by atoms with Crippen molar-refractivity contribution in [1.82, 2.24) is 9.38 Å². The van der Waals surface area contributed by atoms with Gasteiger partial charge in [-0.25, -0.2) is 9.78 Å². The SMILES string of the molecule is Cc1c(NC(=O)O)nc2ccc(Cl)cn12. The summed E-state index contributed by atoms with van der Waals surface area (Å²) in [6.07, 6.45) is 0.555. The number of halogens is 1. The van der Waals surface area contributed by atoms with E-state index in [1.165, 1.54) is 0 Å². The Hall–Kier alpha value is -1.75. The van der Waals surface area contributed by atoms with E-state index < -0.39 is 6.09 Å². The van der Waals surface area contributed by atoms with Gasteiger partial charge in [0.15, 0.2) is 5.82 Å². The molecule has 0 aromatic carbocycles. The maximum atomic E-state index is 10.5. The number of rotatable bonds is 1. The number of carbonyl (C=O) groups is 1. The van der Waals surface area contributed by atoms with E-state index in [0.29, 0.717) is 22.2 Å². The number of hydrogen-bond donors (Lipinski definition) is 2. The molecule has 2 aromatic heterocycles. The monoisotopic (exact) mass is 225 g/mol. The molecule has 2 aromatic rings. The molecule has 0 radical (unpaired) electrons. The molecule has 2 heterocycles. The van der Waals surface area contributed by atoms with E-state index in [-0.39, 0.29) is 0 Å². The van der Waals surface area contributed by atoms with Crippen molar-refractivity contribution in [3.8, 4) is 0 Å². The molecule has 2 rings (SSSR count). The number of aromatic nitrogens is 2. The van der Waals surface area contributed by atoms with Gasteiger partial charge in [0.2, 0.25) is 0 Å². The van der Waals surface area contributed by atoms with Crippen LogP contribution >= 0.6 is 11.6 Å². The van der Waals surface area contributed by atoms with Crippen molar-refractivity contribution in [2.75, 3.05) is 5.32 Å². The molecule has 0 aliphatic carbocycles. The third kappa shape index (κ3) is 1.73. The molecular formula is C9H8ClN3O2. The zero-order valence-electron chi connectivity index (χ0n) is 7.86. The van der Waals surface area contributed by atoms with E-state index in [4.69, 9.17) is 16.7 Å². The molecule has 0 spiro atoms. The van der Waals surface area contributed by atoms with E-state index >= 15 is 0 Å². The Kier molecular flexibility index (Phi) is 2.24. The summed E-state index contributed by atoms with van der Waals surface area (Å²) in [6, 6.07) is 3.43. The van der Waals surface area contributed by atoms with E-state index in [1.54, 1.807) is 29.7 Å². The number of aryl methyl sites for hydroxylation is 1. The molecule has 2 N–H and O–H groups in total. The van der Waals surface area contributed by atoms with Crippen LogP contribution in [0.5, 0.6) is 0 Å². The highest BCUT2D eigenvalue weighted by Gasteiger charge is 2.09. The van der Waals surface area contributed by atoms with Crippen molar-refractivity contribution in [3.63, 3.8) is 0 Å². The number of imidazole rings is 1. The summed E-state index contributed by atoms with van der Waals surface area (Å²) in [7, 11) is 0. The molecule has 1 amide bonds. The number of anilines is 1. The van der Waals surface area contributed by atoms with Crippen LogP contribution in [0.1, 0.15) is 5.69 Å². The van der Waals surface area contributed by atoms with Gasteiger partial charge in [-0.05, 0) is 19.1 Å². The largest absolute Gasteiger partial charge is 0.465 e. The zero-order valence-corrected chi connectivity index (χ0v) is 8.62. The molecule has 0 aliphatic rings. The molecule has 78 valence electrons. The summed E-state index contributed by atoms with van der Waals surface area (Å²) in [4.78, 5) is 14.6. The first-order valence-corrected chi connectivity index (χ1v) is 4.60. The van der Waals surface area contributed by atoms with Gasteiger partial charge < -0.3 is 9.51 Å². The molecule has 0 saturated carbocycles. The molecule has 0 aliphatic heterocycles. The second kappa shape index (κ2) is 3.43. The Balaban J connectivity index is 2.59. The average Bonchev–Trinajstić information content (AvgIpc) is 2.44. The van der Waals surface area contributed by atoms with E-state index in [2.05, 4.69) is 10.3 Å². The Labute approximate surface area is 90.3 Å². The minimum atomic E-state index is -1.13. The highest BCUT2D eigenvalue weighted by atomic mass is 35.5. The molecule has 0 saturated heterocycles. The van der Waals surface area contributed by atoms with Crippen LogP contribution in [0, 0.1) is 6.92 Å². The molecule has 0 atom stereocenters. The van der Waals surface area contributed by atoms with Crippen molar-refractivity contribution in [1.29, 1.82) is 0 Å². The van der Waals surface area contributed by atoms with Crippen LogP contribution in [0.25, 0.3) is 5.65 Å². The van der Waals surface area contributed by atoms with Crippen molar-refractivity contribution in [3.05, 3.63) is 29.0 Å². The predicted molar refractivity (Wildman–Crippen MR) is 56.6 cm³/mol. The number of nitrogens with one attached hydrogen (secondary N) is 1. The Morgan fingerprint density at radius 3 is 3.00 bits per heavy atom. The minimum Gasteiger partial charge on any atom is -0.465 e. The van der Waals surface area contributed by atoms with Gasteiger partial charge in [-0.1, -0.05) is 11.6 Å². The molecule has 0 bridgehead atoms. The lowest BCUT2D eigenvalue weighted by molar-refractivity contribution is 0.209. The topological polar surface area (TPSA) is 66.6 Å². The Morgan fingerprint density at radius 1 is 1.60 bits per heavy atom. The van der Waals surface area contributed by atoms with Crippen molar-refractivity contribution >= 4 is 29.2 Å². The van der Waals surface area contributed by atoms with Crippen molar-refractivity contribution < 1.29 is 9.90 Å². The van der Waals surface area contributed by atoms with Crippen LogP contribution < -0.4 is 5.32 Å². The molecule has 0 unspecified atom stereocenters. The van der Waals surface area contributed by atoms with E-state index in [1.807, 2.05) is 0 Å². The normalized spacial score (nSPS) is 10.5. The smallest absolute Gasteiger partial charge is 0.410 e. The highest BCUT2D eigenvalue weighted by Crippen LogP contribution is 2.19. The lowest BCUT2D eigenvalue weighted by atomic mass is 10.4. The van der Waals surface area contributed by atoms with Crippen molar-refractivity contribution in [2.24, 2.45) is 0 Å². The first-order chi connectivity index (χ1) is 7.08. The molecule has 6 heteroatoms. The summed E-state index contributed by atoms with van der Waals surface area (Å²) >= 11 is 5.82. The fourth-order valence-corrected chi connectivity index (χ4v) is 1.52. The van der Waals surface area contributed by atoms with E-state index in [9.17, 15) is 4.79 Å². The van der Waals surface area contributed by atoms with Crippen LogP contribution in [-0.4, -0.2) is 20.6 Å². The summed E-state index contributed by atoms with van der Waals surface area (Å²) in [5, 5.41) is 11.4. The third-order valence-corrected chi connectivity index (χ3v) is 2.27. The van der Waals surface area contributed by atoms with Gasteiger partial charge in [-0.3, -0.25) is 5.32 Å². The third-order valence-electron chi connectivity index (χ3n) is 2.05.